The van der Waals surface area contributed by atoms with E-state index in [0.29, 0.717) is 35.9 Å². The average molecular weight is 472 g/mol. The molecule has 0 unspecified atom stereocenters. The van der Waals surface area contributed by atoms with Gasteiger partial charge in [0.2, 0.25) is 0 Å². The molecule has 1 N–H and O–H groups in total. The largest absolute Gasteiger partial charge is 0.493 e. The quantitative estimate of drug-likeness (QED) is 0.583. The maximum atomic E-state index is 13.8. The number of fused-ring (bicyclic) bond motifs is 1. The van der Waals surface area contributed by atoms with Crippen LogP contribution in [0.5, 0.6) is 5.75 Å². The van der Waals surface area contributed by atoms with Crippen LogP contribution in [0.4, 0.5) is 5.69 Å². The summed E-state index contributed by atoms with van der Waals surface area (Å²) >= 11 is 0. The lowest BCUT2D eigenvalue weighted by Gasteiger charge is -2.36. The number of anilines is 1. The third-order valence-electron chi connectivity index (χ3n) is 6.65. The molecule has 2 aliphatic heterocycles. The fourth-order valence-corrected chi connectivity index (χ4v) is 6.35. The third kappa shape index (κ3) is 4.95. The third-order valence-corrected chi connectivity index (χ3v) is 8.48. The van der Waals surface area contributed by atoms with Gasteiger partial charge in [-0.05, 0) is 73.4 Å². The second kappa shape index (κ2) is 10.3. The summed E-state index contributed by atoms with van der Waals surface area (Å²) in [6, 6.07) is 10.4. The van der Waals surface area contributed by atoms with E-state index in [1.54, 1.807) is 18.2 Å². The fourth-order valence-electron chi connectivity index (χ4n) is 4.61. The van der Waals surface area contributed by atoms with Crippen molar-refractivity contribution in [3.63, 3.8) is 0 Å². The molecule has 1 fully saturated rings. The van der Waals surface area contributed by atoms with Gasteiger partial charge in [0.05, 0.1) is 29.8 Å². The number of rotatable bonds is 8. The fraction of sp³-hybridized carbons (Fsp3) is 0.462. The molecule has 2 aliphatic rings. The number of ether oxygens (including phenoxy) is 2. The van der Waals surface area contributed by atoms with Crippen LogP contribution in [-0.4, -0.2) is 39.4 Å². The highest BCUT2D eigenvalue weighted by molar-refractivity contribution is 7.92. The highest BCUT2D eigenvalue weighted by Crippen LogP contribution is 2.37. The molecule has 0 amide bonds. The summed E-state index contributed by atoms with van der Waals surface area (Å²) < 4.78 is 40.4. The SMILES string of the molecule is C=C[C@H]1CCc2cc(CC)ccc2N1S(=O)(=O)c1ccc(OCC2CCOCC2)c(CO)c1. The van der Waals surface area contributed by atoms with Crippen molar-refractivity contribution in [2.45, 2.75) is 56.6 Å². The summed E-state index contributed by atoms with van der Waals surface area (Å²) in [4.78, 5) is 0.143. The topological polar surface area (TPSA) is 76.1 Å². The van der Waals surface area contributed by atoms with Crippen LogP contribution >= 0.6 is 0 Å². The molecule has 1 atom stereocenters. The summed E-state index contributed by atoms with van der Waals surface area (Å²) in [5.74, 6) is 0.926. The van der Waals surface area contributed by atoms with Crippen LogP contribution in [-0.2, 0) is 34.2 Å². The predicted octanol–water partition coefficient (Wildman–Crippen LogP) is 4.24. The highest BCUT2D eigenvalue weighted by Gasteiger charge is 2.35. The second-order valence-corrected chi connectivity index (χ2v) is 10.6. The minimum Gasteiger partial charge on any atom is -0.493 e. The van der Waals surface area contributed by atoms with E-state index in [4.69, 9.17) is 9.47 Å². The van der Waals surface area contributed by atoms with Gasteiger partial charge in [-0.1, -0.05) is 25.1 Å². The maximum absolute atomic E-state index is 13.8. The summed E-state index contributed by atoms with van der Waals surface area (Å²) in [6.07, 6.45) is 5.98. The van der Waals surface area contributed by atoms with Crippen molar-refractivity contribution in [2.75, 3.05) is 24.1 Å². The Balaban J connectivity index is 1.64. The number of nitrogens with zero attached hydrogens (tertiary/aromatic N) is 1. The van der Waals surface area contributed by atoms with Crippen LogP contribution in [0, 0.1) is 5.92 Å². The first-order valence-electron chi connectivity index (χ1n) is 11.7. The van der Waals surface area contributed by atoms with Gasteiger partial charge < -0.3 is 14.6 Å². The molecule has 7 heteroatoms. The van der Waals surface area contributed by atoms with Gasteiger partial charge in [0.25, 0.3) is 10.0 Å². The summed E-state index contributed by atoms with van der Waals surface area (Å²) in [5.41, 5.74) is 3.40. The molecule has 2 heterocycles. The van der Waals surface area contributed by atoms with Gasteiger partial charge in [0, 0.05) is 18.8 Å². The summed E-state index contributed by atoms with van der Waals surface area (Å²) in [7, 11) is -3.86. The van der Waals surface area contributed by atoms with Gasteiger partial charge in [0.1, 0.15) is 5.75 Å². The number of aliphatic hydroxyl groups excluding tert-OH is 1. The minimum absolute atomic E-state index is 0.143. The normalized spacial score (nSPS) is 19.2. The lowest BCUT2D eigenvalue weighted by atomic mass is 9.96. The first-order chi connectivity index (χ1) is 16.0. The van der Waals surface area contributed by atoms with Gasteiger partial charge in [-0.25, -0.2) is 8.42 Å². The van der Waals surface area contributed by atoms with Crippen LogP contribution in [0.2, 0.25) is 0 Å². The number of sulfonamides is 1. The zero-order valence-electron chi connectivity index (χ0n) is 19.2. The average Bonchev–Trinajstić information content (AvgIpc) is 2.86. The molecule has 33 heavy (non-hydrogen) atoms. The van der Waals surface area contributed by atoms with Crippen molar-refractivity contribution < 1.29 is 23.0 Å². The number of hydrogen-bond acceptors (Lipinski definition) is 5. The smallest absolute Gasteiger partial charge is 0.264 e. The summed E-state index contributed by atoms with van der Waals surface area (Å²) in [6.45, 7) is 7.68. The first-order valence-corrected chi connectivity index (χ1v) is 13.1. The molecule has 0 aromatic heterocycles. The Morgan fingerprint density at radius 2 is 1.97 bits per heavy atom. The molecular formula is C26H33NO5S. The predicted molar refractivity (Wildman–Crippen MR) is 129 cm³/mol. The molecule has 4 rings (SSSR count). The van der Waals surface area contributed by atoms with Crippen LogP contribution in [0.15, 0.2) is 53.9 Å². The molecule has 6 nitrogen and oxygen atoms in total. The highest BCUT2D eigenvalue weighted by atomic mass is 32.2. The van der Waals surface area contributed by atoms with Gasteiger partial charge in [-0.2, -0.15) is 0 Å². The molecule has 178 valence electrons. The van der Waals surface area contributed by atoms with Crippen LogP contribution in [0.1, 0.15) is 42.9 Å². The van der Waals surface area contributed by atoms with Crippen molar-refractivity contribution in [3.8, 4) is 5.75 Å². The summed E-state index contributed by atoms with van der Waals surface area (Å²) in [5, 5.41) is 9.94. The van der Waals surface area contributed by atoms with Crippen LogP contribution in [0.25, 0.3) is 0 Å². The zero-order valence-corrected chi connectivity index (χ0v) is 20.0. The van der Waals surface area contributed by atoms with Gasteiger partial charge in [-0.15, -0.1) is 6.58 Å². The molecule has 0 bridgehead atoms. The molecule has 0 spiro atoms. The standard InChI is InChI=1S/C26H33NO5S/c1-3-19-5-9-25-21(15-19)6-7-23(4-2)27(25)33(29,30)24-8-10-26(22(16-24)17-28)32-18-20-11-13-31-14-12-20/h4-5,8-10,15-16,20,23,28H,2-3,6-7,11-14,17-18H2,1H3/t23-/m0/s1. The van der Waals surface area contributed by atoms with E-state index in [-0.39, 0.29) is 17.5 Å². The molecule has 2 aromatic rings. The monoisotopic (exact) mass is 471 g/mol. The molecule has 1 saturated heterocycles. The van der Waals surface area contributed by atoms with E-state index in [2.05, 4.69) is 19.6 Å². The van der Waals surface area contributed by atoms with Gasteiger partial charge in [-0.3, -0.25) is 4.31 Å². The van der Waals surface area contributed by atoms with Crippen molar-refractivity contribution in [1.29, 1.82) is 0 Å². The van der Waals surface area contributed by atoms with E-state index in [9.17, 15) is 13.5 Å². The Hall–Kier alpha value is -2.35. The Labute approximate surface area is 196 Å². The van der Waals surface area contributed by atoms with E-state index >= 15 is 0 Å². The van der Waals surface area contributed by atoms with E-state index in [1.807, 2.05) is 12.1 Å². The lowest BCUT2D eigenvalue weighted by Crippen LogP contribution is -2.42. The number of hydrogen-bond donors (Lipinski definition) is 1. The Kier molecular flexibility index (Phi) is 7.41. The Bertz CT molecular complexity index is 1090. The minimum atomic E-state index is -3.86. The second-order valence-electron chi connectivity index (χ2n) is 8.75. The van der Waals surface area contributed by atoms with E-state index in [1.165, 1.54) is 15.9 Å². The first kappa shape index (κ1) is 23.8. The molecule has 0 radical (unpaired) electrons. The molecule has 0 aliphatic carbocycles. The maximum Gasteiger partial charge on any atom is 0.264 e. The number of aryl methyl sites for hydroxylation is 2. The number of benzene rings is 2. The van der Waals surface area contributed by atoms with E-state index in [0.717, 1.165) is 44.5 Å². The van der Waals surface area contributed by atoms with Gasteiger partial charge in [0.15, 0.2) is 0 Å². The van der Waals surface area contributed by atoms with Crippen molar-refractivity contribution in [2.24, 2.45) is 5.92 Å². The molecular weight excluding hydrogens is 438 g/mol. The number of aliphatic hydroxyl groups is 1. The molecule has 0 saturated carbocycles. The Morgan fingerprint density at radius 1 is 1.18 bits per heavy atom. The van der Waals surface area contributed by atoms with Crippen molar-refractivity contribution in [1.82, 2.24) is 0 Å². The molecule has 2 aromatic carbocycles. The van der Waals surface area contributed by atoms with Crippen LogP contribution < -0.4 is 9.04 Å². The lowest BCUT2D eigenvalue weighted by molar-refractivity contribution is 0.0494. The van der Waals surface area contributed by atoms with E-state index < -0.39 is 10.0 Å². The zero-order chi connectivity index (χ0) is 23.4. The van der Waals surface area contributed by atoms with Crippen molar-refractivity contribution >= 4 is 15.7 Å². The van der Waals surface area contributed by atoms with Crippen LogP contribution in [0.3, 0.4) is 0 Å². The van der Waals surface area contributed by atoms with Crippen molar-refractivity contribution in [3.05, 3.63) is 65.7 Å². The van der Waals surface area contributed by atoms with Gasteiger partial charge >= 0.3 is 0 Å². The Morgan fingerprint density at radius 3 is 2.67 bits per heavy atom.